The third kappa shape index (κ3) is 8.62. The van der Waals surface area contributed by atoms with Gasteiger partial charge in [0, 0.05) is 10.7 Å². The average Bonchev–Trinajstić information content (AvgIpc) is 2.58. The minimum atomic E-state index is -0.478. The number of halogens is 4. The molecule has 0 amide bonds. The summed E-state index contributed by atoms with van der Waals surface area (Å²) in [5, 5.41) is 0.911. The molecule has 0 aromatic heterocycles. The molecule has 6 nitrogen and oxygen atoms in total. The predicted molar refractivity (Wildman–Crippen MR) is 100 cm³/mol. The van der Waals surface area contributed by atoms with Crippen LogP contribution < -0.4 is 4.90 Å². The number of carbonyl (C=O) groups excluding carboxylic acids is 2. The van der Waals surface area contributed by atoms with Crippen molar-refractivity contribution >= 4 is 75.7 Å². The Morgan fingerprint density at radius 3 is 2.17 bits per heavy atom. The summed E-state index contributed by atoms with van der Waals surface area (Å²) >= 11 is 12.9. The van der Waals surface area contributed by atoms with Crippen LogP contribution in [-0.4, -0.2) is 77.8 Å². The van der Waals surface area contributed by atoms with Crippen LogP contribution in [0, 0.1) is 0 Å². The summed E-state index contributed by atoms with van der Waals surface area (Å²) in [6, 6.07) is 0. The number of ether oxygens (including phenoxy) is 3. The summed E-state index contributed by atoms with van der Waals surface area (Å²) in [5.41, 5.74) is 0. The molecule has 0 saturated carbocycles. The number of esters is 2. The molecule has 1 N–H and O–H groups in total. The molecule has 3 atom stereocenters. The molecule has 0 bridgehead atoms. The summed E-state index contributed by atoms with van der Waals surface area (Å²) < 4.78 is 16.1. The fourth-order valence-corrected chi connectivity index (χ4v) is 2.72. The number of hydrogen-bond donors (Lipinski definition) is 1. The van der Waals surface area contributed by atoms with E-state index in [0.717, 1.165) is 13.1 Å². The molecule has 0 radical (unpaired) electrons. The van der Waals surface area contributed by atoms with E-state index < -0.39 is 15.8 Å². The molecule has 1 fully saturated rings. The van der Waals surface area contributed by atoms with Gasteiger partial charge in [0.25, 0.3) is 0 Å². The van der Waals surface area contributed by atoms with E-state index in [9.17, 15) is 9.59 Å². The van der Waals surface area contributed by atoms with Crippen molar-refractivity contribution in [3.05, 3.63) is 0 Å². The number of hydrogen-bond acceptors (Lipinski definition) is 5. The fraction of sp³-hybridized carbons (Fsp3) is 0.846. The summed E-state index contributed by atoms with van der Waals surface area (Å²) in [6.07, 6.45) is -0.478. The Labute approximate surface area is 169 Å². The van der Waals surface area contributed by atoms with Crippen molar-refractivity contribution in [3.8, 4) is 0 Å². The Hall–Kier alpha value is 0.780. The number of rotatable bonds is 9. The van der Waals surface area contributed by atoms with E-state index in [4.69, 9.17) is 14.2 Å². The van der Waals surface area contributed by atoms with Crippen molar-refractivity contribution in [2.24, 2.45) is 0 Å². The lowest BCUT2D eigenvalue weighted by Crippen LogP contribution is -3.15. The molecule has 134 valence electrons. The van der Waals surface area contributed by atoms with Crippen LogP contribution in [0.3, 0.4) is 0 Å². The van der Waals surface area contributed by atoms with Crippen LogP contribution in [0.2, 0.25) is 0 Å². The van der Waals surface area contributed by atoms with Crippen molar-refractivity contribution in [1.82, 2.24) is 0 Å². The van der Waals surface area contributed by atoms with E-state index in [1.165, 1.54) is 4.90 Å². The maximum atomic E-state index is 12.0. The summed E-state index contributed by atoms with van der Waals surface area (Å²) in [5.74, 6) is -0.748. The third-order valence-corrected chi connectivity index (χ3v) is 7.62. The molecule has 1 aliphatic heterocycles. The van der Waals surface area contributed by atoms with Gasteiger partial charge >= 0.3 is 11.9 Å². The quantitative estimate of drug-likeness (QED) is 0.317. The molecule has 0 aliphatic carbocycles. The van der Waals surface area contributed by atoms with E-state index in [1.54, 1.807) is 0 Å². The van der Waals surface area contributed by atoms with Gasteiger partial charge in [0.2, 0.25) is 0 Å². The molecule has 10 heteroatoms. The van der Waals surface area contributed by atoms with E-state index in [2.05, 4.69) is 63.7 Å². The Bertz CT molecular complexity index is 381. The molecular formula is C13H20Br4NO5+. The third-order valence-electron chi connectivity index (χ3n) is 3.19. The maximum absolute atomic E-state index is 12.0. The Kier molecular flexibility index (Phi) is 11.6. The number of morpholine rings is 1. The second-order valence-electron chi connectivity index (χ2n) is 5.00. The second kappa shape index (κ2) is 12.2. The molecule has 1 rings (SSSR count). The predicted octanol–water partition coefficient (Wildman–Crippen LogP) is 0.673. The van der Waals surface area contributed by atoms with E-state index >= 15 is 0 Å². The summed E-state index contributed by atoms with van der Waals surface area (Å²) in [4.78, 5) is 24.2. The van der Waals surface area contributed by atoms with Gasteiger partial charge in [-0.3, -0.25) is 9.59 Å². The smallest absolute Gasteiger partial charge is 0.321 e. The zero-order chi connectivity index (χ0) is 17.2. The van der Waals surface area contributed by atoms with E-state index in [-0.39, 0.29) is 18.5 Å². The van der Waals surface area contributed by atoms with Crippen LogP contribution in [-0.2, 0) is 23.8 Å². The molecule has 1 aliphatic rings. The lowest BCUT2D eigenvalue weighted by Gasteiger charge is -2.28. The standard InChI is InChI=1S/C13H19Br4NO5/c14-5-10(16)12(19)22-8-9(23-13(20)11(17)6-15)7-18-1-3-21-4-2-18/h9-11H,1-8H2/p+1. The molecular weight excluding hydrogens is 570 g/mol. The lowest BCUT2D eigenvalue weighted by atomic mass is 10.3. The first-order valence-corrected chi connectivity index (χ1v) is 11.2. The normalized spacial score (nSPS) is 19.7. The molecule has 0 spiro atoms. The molecule has 3 unspecified atom stereocenters. The number of quaternary nitrogens is 1. The van der Waals surface area contributed by atoms with Gasteiger partial charge in [-0.05, 0) is 0 Å². The van der Waals surface area contributed by atoms with Crippen LogP contribution in [0.1, 0.15) is 0 Å². The summed E-state index contributed by atoms with van der Waals surface area (Å²) in [6.45, 7) is 3.70. The highest BCUT2D eigenvalue weighted by Crippen LogP contribution is 2.09. The average molecular weight is 590 g/mol. The first kappa shape index (κ1) is 21.8. The van der Waals surface area contributed by atoms with Gasteiger partial charge in [-0.15, -0.1) is 0 Å². The Balaban J connectivity index is 2.55. The zero-order valence-electron chi connectivity index (χ0n) is 12.4. The van der Waals surface area contributed by atoms with Gasteiger partial charge in [-0.2, -0.15) is 0 Å². The Morgan fingerprint density at radius 2 is 1.61 bits per heavy atom. The van der Waals surface area contributed by atoms with Crippen molar-refractivity contribution in [3.63, 3.8) is 0 Å². The molecule has 0 aromatic carbocycles. The van der Waals surface area contributed by atoms with Crippen LogP contribution in [0.25, 0.3) is 0 Å². The molecule has 23 heavy (non-hydrogen) atoms. The second-order valence-corrected chi connectivity index (χ2v) is 8.50. The number of nitrogens with one attached hydrogen (secondary N) is 1. The number of alkyl halides is 4. The van der Waals surface area contributed by atoms with Gasteiger partial charge in [0.15, 0.2) is 6.10 Å². The van der Waals surface area contributed by atoms with Crippen molar-refractivity contribution in [1.29, 1.82) is 0 Å². The Morgan fingerprint density at radius 1 is 1.04 bits per heavy atom. The van der Waals surface area contributed by atoms with E-state index in [0.29, 0.717) is 30.4 Å². The molecule has 1 heterocycles. The maximum Gasteiger partial charge on any atom is 0.321 e. The minimum absolute atomic E-state index is 0.0477. The van der Waals surface area contributed by atoms with Crippen molar-refractivity contribution in [2.45, 2.75) is 15.8 Å². The molecule has 0 aromatic rings. The molecule has 1 saturated heterocycles. The lowest BCUT2D eigenvalue weighted by molar-refractivity contribution is -0.910. The van der Waals surface area contributed by atoms with Crippen molar-refractivity contribution in [2.75, 3.05) is 50.1 Å². The first-order chi connectivity index (χ1) is 11.0. The monoisotopic (exact) mass is 586 g/mol. The van der Waals surface area contributed by atoms with Gasteiger partial charge in [0.05, 0.1) is 13.2 Å². The fourth-order valence-electron chi connectivity index (χ4n) is 1.95. The van der Waals surface area contributed by atoms with Crippen LogP contribution in [0.15, 0.2) is 0 Å². The largest absolute Gasteiger partial charge is 0.461 e. The number of carbonyl (C=O) groups is 2. The highest BCUT2D eigenvalue weighted by atomic mass is 79.9. The van der Waals surface area contributed by atoms with Crippen LogP contribution in [0.4, 0.5) is 0 Å². The minimum Gasteiger partial charge on any atom is -0.461 e. The zero-order valence-corrected chi connectivity index (χ0v) is 18.8. The summed E-state index contributed by atoms with van der Waals surface area (Å²) in [7, 11) is 0. The topological polar surface area (TPSA) is 66.3 Å². The van der Waals surface area contributed by atoms with Gasteiger partial charge in [-0.1, -0.05) is 63.7 Å². The van der Waals surface area contributed by atoms with Gasteiger partial charge < -0.3 is 19.1 Å². The van der Waals surface area contributed by atoms with Gasteiger partial charge in [0.1, 0.15) is 35.9 Å². The first-order valence-electron chi connectivity index (χ1n) is 7.16. The van der Waals surface area contributed by atoms with E-state index in [1.807, 2.05) is 0 Å². The van der Waals surface area contributed by atoms with Crippen molar-refractivity contribution < 1.29 is 28.7 Å². The van der Waals surface area contributed by atoms with Crippen LogP contribution in [0.5, 0.6) is 0 Å². The highest BCUT2D eigenvalue weighted by Gasteiger charge is 2.27. The van der Waals surface area contributed by atoms with Gasteiger partial charge in [-0.25, -0.2) is 0 Å². The SMILES string of the molecule is O=C(OCC(C[NH+]1CCOCC1)OC(=O)C(Br)CBr)C(Br)CBr. The van der Waals surface area contributed by atoms with Crippen LogP contribution >= 0.6 is 63.7 Å². The highest BCUT2D eigenvalue weighted by molar-refractivity contribution is 9.12.